The maximum absolute atomic E-state index is 11.6. The van der Waals surface area contributed by atoms with Crippen molar-refractivity contribution in [3.8, 4) is 0 Å². The first-order valence-corrected chi connectivity index (χ1v) is 12.4. The Hall–Kier alpha value is -0.950. The summed E-state index contributed by atoms with van der Waals surface area (Å²) in [4.78, 5) is 11.6. The Bertz CT molecular complexity index is 791. The van der Waals surface area contributed by atoms with Gasteiger partial charge in [-0.25, -0.2) is 0 Å². The highest BCUT2D eigenvalue weighted by Gasteiger charge is 2.69. The zero-order valence-electron chi connectivity index (χ0n) is 20.4. The molecule has 1 heterocycles. The number of fused-ring (bicyclic) bond motifs is 7. The minimum absolute atomic E-state index is 0.00534. The van der Waals surface area contributed by atoms with Gasteiger partial charge >= 0.3 is 5.97 Å². The number of carbonyl (C=O) groups is 1. The molecule has 5 aliphatic rings. The van der Waals surface area contributed by atoms with E-state index >= 15 is 0 Å². The summed E-state index contributed by atoms with van der Waals surface area (Å²) >= 11 is 0. The average Bonchev–Trinajstić information content (AvgIpc) is 3.47. The normalized spacial score (nSPS) is 49.9. The molecule has 0 aromatic heterocycles. The summed E-state index contributed by atoms with van der Waals surface area (Å²) in [6, 6.07) is 0. The van der Waals surface area contributed by atoms with Crippen LogP contribution in [-0.2, 0) is 23.7 Å². The van der Waals surface area contributed by atoms with Crippen molar-refractivity contribution < 1.29 is 28.8 Å². The summed E-state index contributed by atoms with van der Waals surface area (Å²) in [6.07, 6.45) is 6.60. The predicted molar refractivity (Wildman–Crippen MR) is 119 cm³/mol. The minimum atomic E-state index is -0.448. The lowest BCUT2D eigenvalue weighted by molar-refractivity contribution is -0.164. The Morgan fingerprint density at radius 2 is 1.91 bits per heavy atom. The van der Waals surface area contributed by atoms with Crippen molar-refractivity contribution in [2.75, 3.05) is 14.2 Å². The number of epoxide rings is 1. The van der Waals surface area contributed by atoms with Gasteiger partial charge in [-0.1, -0.05) is 32.4 Å². The number of carbonyl (C=O) groups excluding carboxylic acids is 1. The average molecular weight is 449 g/mol. The Morgan fingerprint density at radius 3 is 2.56 bits per heavy atom. The van der Waals surface area contributed by atoms with Crippen molar-refractivity contribution in [3.05, 3.63) is 11.6 Å². The second-order valence-electron chi connectivity index (χ2n) is 11.6. The van der Waals surface area contributed by atoms with E-state index in [0.29, 0.717) is 30.1 Å². The summed E-state index contributed by atoms with van der Waals surface area (Å²) in [5.74, 6) is 1.71. The first-order valence-electron chi connectivity index (χ1n) is 12.4. The van der Waals surface area contributed by atoms with E-state index in [1.54, 1.807) is 14.2 Å². The van der Waals surface area contributed by atoms with Gasteiger partial charge in [0.25, 0.3) is 0 Å². The second kappa shape index (κ2) is 7.79. The lowest BCUT2D eigenvalue weighted by Crippen LogP contribution is -2.57. The van der Waals surface area contributed by atoms with Gasteiger partial charge in [0.05, 0.1) is 12.2 Å². The van der Waals surface area contributed by atoms with E-state index in [9.17, 15) is 9.90 Å². The van der Waals surface area contributed by atoms with Crippen molar-refractivity contribution in [3.63, 3.8) is 0 Å². The van der Waals surface area contributed by atoms with Crippen LogP contribution in [0.3, 0.4) is 0 Å². The zero-order valence-corrected chi connectivity index (χ0v) is 20.4. The Kier molecular flexibility index (Phi) is 5.56. The Labute approximate surface area is 192 Å². The molecule has 4 fully saturated rings. The molecule has 0 radical (unpaired) electrons. The van der Waals surface area contributed by atoms with Gasteiger partial charge in [0, 0.05) is 38.9 Å². The van der Waals surface area contributed by atoms with Gasteiger partial charge in [0.2, 0.25) is 0 Å². The van der Waals surface area contributed by atoms with E-state index in [4.69, 9.17) is 18.9 Å². The number of rotatable bonds is 5. The van der Waals surface area contributed by atoms with Crippen LogP contribution in [0, 0.1) is 40.4 Å². The van der Waals surface area contributed by atoms with Gasteiger partial charge in [-0.2, -0.15) is 0 Å². The van der Waals surface area contributed by atoms with Crippen LogP contribution < -0.4 is 0 Å². The standard InChI is InChI=1S/C26H40O6/c1-13(24(29-5)30-6)16-7-8-17-21-18(9-10-25(16,17)3)26(4)15(11-19(21)28)12-20(31-14(2)27)22-23(26)32-22/h11,13,16-24,28H,7-10,12H2,1-6H3/t13?,16-,17+,18+,19-,20-,21+,22+,23+,25-,26+/m1/s1. The molecule has 0 aromatic rings. The quantitative estimate of drug-likeness (QED) is 0.299. The molecular weight excluding hydrogens is 408 g/mol. The molecule has 4 aliphatic carbocycles. The van der Waals surface area contributed by atoms with E-state index < -0.39 is 6.10 Å². The molecule has 5 rings (SSSR count). The van der Waals surface area contributed by atoms with Crippen LogP contribution in [0.25, 0.3) is 0 Å². The maximum Gasteiger partial charge on any atom is 0.303 e. The van der Waals surface area contributed by atoms with Crippen LogP contribution in [0.2, 0.25) is 0 Å². The molecule has 1 saturated heterocycles. The number of methoxy groups -OCH3 is 2. The Balaban J connectivity index is 1.44. The molecule has 6 nitrogen and oxygen atoms in total. The monoisotopic (exact) mass is 448 g/mol. The zero-order chi connectivity index (χ0) is 23.0. The van der Waals surface area contributed by atoms with Crippen LogP contribution >= 0.6 is 0 Å². The Morgan fingerprint density at radius 1 is 1.19 bits per heavy atom. The van der Waals surface area contributed by atoms with Crippen LogP contribution in [0.1, 0.15) is 59.8 Å². The molecular formula is C26H40O6. The molecule has 1 unspecified atom stereocenters. The van der Waals surface area contributed by atoms with Crippen LogP contribution in [-0.4, -0.2) is 56.0 Å². The SMILES string of the molecule is COC(OC)C(C)[C@H]1CC[C@H]2[C@@H]3[C@H](O)C=C4C[C@@H](OC(C)=O)[C@@H]5O[C@@H]5[C@]4(C)[C@H]3CC[C@]12C. The number of ether oxygens (including phenoxy) is 4. The molecule has 11 atom stereocenters. The lowest BCUT2D eigenvalue weighted by atomic mass is 9.46. The highest BCUT2D eigenvalue weighted by molar-refractivity contribution is 5.66. The first kappa shape index (κ1) is 22.8. The van der Waals surface area contributed by atoms with Crippen LogP contribution in [0.4, 0.5) is 0 Å². The topological polar surface area (TPSA) is 77.5 Å². The lowest BCUT2D eigenvalue weighted by Gasteiger charge is -2.58. The second-order valence-corrected chi connectivity index (χ2v) is 11.6. The number of esters is 1. The minimum Gasteiger partial charge on any atom is -0.459 e. The van der Waals surface area contributed by atoms with Gasteiger partial charge < -0.3 is 24.1 Å². The van der Waals surface area contributed by atoms with Gasteiger partial charge in [-0.3, -0.25) is 4.79 Å². The smallest absolute Gasteiger partial charge is 0.303 e. The summed E-state index contributed by atoms with van der Waals surface area (Å²) in [5, 5.41) is 11.4. The molecule has 3 saturated carbocycles. The van der Waals surface area contributed by atoms with Crippen molar-refractivity contribution in [2.24, 2.45) is 40.4 Å². The van der Waals surface area contributed by atoms with Crippen LogP contribution in [0.5, 0.6) is 0 Å². The molecule has 180 valence electrons. The number of aliphatic hydroxyl groups is 1. The first-order chi connectivity index (χ1) is 15.2. The van der Waals surface area contributed by atoms with Gasteiger partial charge in [-0.15, -0.1) is 0 Å². The third-order valence-electron chi connectivity index (χ3n) is 10.4. The molecule has 0 aromatic carbocycles. The van der Waals surface area contributed by atoms with E-state index in [1.807, 2.05) is 0 Å². The van der Waals surface area contributed by atoms with Gasteiger partial charge in [0.15, 0.2) is 6.29 Å². The van der Waals surface area contributed by atoms with E-state index in [-0.39, 0.29) is 47.3 Å². The van der Waals surface area contributed by atoms with Gasteiger partial charge in [-0.05, 0) is 54.8 Å². The van der Waals surface area contributed by atoms with E-state index in [2.05, 4.69) is 26.8 Å². The predicted octanol–water partition coefficient (Wildman–Crippen LogP) is 3.71. The molecule has 0 amide bonds. The summed E-state index contributed by atoms with van der Waals surface area (Å²) in [5.41, 5.74) is 1.34. The number of aliphatic hydroxyl groups excluding tert-OH is 1. The van der Waals surface area contributed by atoms with Crippen molar-refractivity contribution in [1.29, 1.82) is 0 Å². The molecule has 32 heavy (non-hydrogen) atoms. The van der Waals surface area contributed by atoms with E-state index in [0.717, 1.165) is 25.7 Å². The third-order valence-corrected chi connectivity index (χ3v) is 10.4. The number of hydrogen-bond donors (Lipinski definition) is 1. The summed E-state index contributed by atoms with van der Waals surface area (Å²) in [7, 11) is 3.46. The third kappa shape index (κ3) is 3.09. The molecule has 1 aliphatic heterocycles. The van der Waals surface area contributed by atoms with Crippen molar-refractivity contribution >= 4 is 5.97 Å². The molecule has 6 heteroatoms. The fraction of sp³-hybridized carbons (Fsp3) is 0.885. The fourth-order valence-electron chi connectivity index (χ4n) is 8.95. The van der Waals surface area contributed by atoms with Gasteiger partial charge in [0.1, 0.15) is 12.2 Å². The largest absolute Gasteiger partial charge is 0.459 e. The highest BCUT2D eigenvalue weighted by Crippen LogP contribution is 2.69. The van der Waals surface area contributed by atoms with E-state index in [1.165, 1.54) is 12.5 Å². The molecule has 0 bridgehead atoms. The molecule has 0 spiro atoms. The highest BCUT2D eigenvalue weighted by atomic mass is 16.7. The van der Waals surface area contributed by atoms with Crippen molar-refractivity contribution in [2.45, 2.75) is 90.5 Å². The molecule has 1 N–H and O–H groups in total. The fourth-order valence-corrected chi connectivity index (χ4v) is 8.95. The number of hydrogen-bond acceptors (Lipinski definition) is 6. The van der Waals surface area contributed by atoms with Crippen LogP contribution in [0.15, 0.2) is 11.6 Å². The summed E-state index contributed by atoms with van der Waals surface area (Å²) < 4.78 is 23.0. The van der Waals surface area contributed by atoms with Crippen molar-refractivity contribution in [1.82, 2.24) is 0 Å². The maximum atomic E-state index is 11.6. The summed E-state index contributed by atoms with van der Waals surface area (Å²) in [6.45, 7) is 8.52.